The summed E-state index contributed by atoms with van der Waals surface area (Å²) in [4.78, 5) is 37.7. The van der Waals surface area contributed by atoms with Crippen LogP contribution in [0.3, 0.4) is 0 Å². The van der Waals surface area contributed by atoms with Gasteiger partial charge in [0.1, 0.15) is 13.2 Å². The highest BCUT2D eigenvalue weighted by Crippen LogP contribution is 2.15. The average Bonchev–Trinajstić information content (AvgIpc) is 3.24. The predicted molar refractivity (Wildman–Crippen MR) is 256 cm³/mol. The molecule has 0 bridgehead atoms. The van der Waals surface area contributed by atoms with Gasteiger partial charge in [0.2, 0.25) is 0 Å². The maximum atomic E-state index is 12.8. The van der Waals surface area contributed by atoms with Crippen molar-refractivity contribution in [3.63, 3.8) is 0 Å². The van der Waals surface area contributed by atoms with Gasteiger partial charge in [-0.3, -0.25) is 14.4 Å². The number of carbonyl (C=O) groups is 3. The van der Waals surface area contributed by atoms with Crippen LogP contribution in [-0.4, -0.2) is 37.2 Å². The number of allylic oxidation sites excluding steroid dienone is 6. The first kappa shape index (κ1) is 57.6. The molecule has 0 N–H and O–H groups in total. The predicted octanol–water partition coefficient (Wildman–Crippen LogP) is 16.9. The lowest BCUT2D eigenvalue weighted by Crippen LogP contribution is -2.30. The van der Waals surface area contributed by atoms with Gasteiger partial charge in [-0.15, -0.1) is 0 Å². The molecule has 0 saturated heterocycles. The van der Waals surface area contributed by atoms with E-state index in [1.807, 2.05) is 0 Å². The summed E-state index contributed by atoms with van der Waals surface area (Å²) in [5.41, 5.74) is 0. The SMILES string of the molecule is CCCCCC/C=C\C/C=C\CCCCCCCCCC(=O)OCC(COC(=O)CCCCCCCC)OC(=O)CCCCCCCCC/C=C\CCCCCCCCC. The third-order valence-corrected chi connectivity index (χ3v) is 11.4. The van der Waals surface area contributed by atoms with E-state index in [1.165, 1.54) is 161 Å². The Morgan fingerprint density at radius 2 is 0.600 bits per heavy atom. The first-order valence-corrected chi connectivity index (χ1v) is 26.0. The summed E-state index contributed by atoms with van der Waals surface area (Å²) in [6, 6.07) is 0. The van der Waals surface area contributed by atoms with Crippen molar-refractivity contribution in [1.29, 1.82) is 0 Å². The topological polar surface area (TPSA) is 78.9 Å². The second kappa shape index (κ2) is 49.3. The lowest BCUT2D eigenvalue weighted by atomic mass is 10.1. The van der Waals surface area contributed by atoms with Crippen LogP contribution in [0.2, 0.25) is 0 Å². The molecule has 0 spiro atoms. The van der Waals surface area contributed by atoms with E-state index in [0.29, 0.717) is 19.3 Å². The third kappa shape index (κ3) is 46.7. The fourth-order valence-corrected chi connectivity index (χ4v) is 7.41. The van der Waals surface area contributed by atoms with E-state index in [2.05, 4.69) is 57.2 Å². The van der Waals surface area contributed by atoms with Crippen molar-refractivity contribution in [3.8, 4) is 0 Å². The summed E-state index contributed by atoms with van der Waals surface area (Å²) in [5.74, 6) is -0.889. The first-order valence-electron chi connectivity index (χ1n) is 26.0. The Bertz CT molecular complexity index is 1020. The highest BCUT2D eigenvalue weighted by molar-refractivity contribution is 5.71. The van der Waals surface area contributed by atoms with Gasteiger partial charge in [0.25, 0.3) is 0 Å². The van der Waals surface area contributed by atoms with Crippen molar-refractivity contribution in [3.05, 3.63) is 36.5 Å². The third-order valence-electron chi connectivity index (χ3n) is 11.4. The molecule has 0 fully saturated rings. The molecule has 1 atom stereocenters. The summed E-state index contributed by atoms with van der Waals surface area (Å²) in [7, 11) is 0. The number of carbonyl (C=O) groups excluding carboxylic acids is 3. The zero-order valence-corrected chi connectivity index (χ0v) is 40.0. The van der Waals surface area contributed by atoms with Gasteiger partial charge >= 0.3 is 17.9 Å². The van der Waals surface area contributed by atoms with Gasteiger partial charge in [-0.1, -0.05) is 211 Å². The summed E-state index contributed by atoms with van der Waals surface area (Å²) in [6.45, 7) is 6.57. The normalized spacial score (nSPS) is 12.2. The Morgan fingerprint density at radius 1 is 0.333 bits per heavy atom. The van der Waals surface area contributed by atoms with Crippen LogP contribution in [0.4, 0.5) is 0 Å². The number of rotatable bonds is 47. The minimum Gasteiger partial charge on any atom is -0.462 e. The summed E-state index contributed by atoms with van der Waals surface area (Å²) >= 11 is 0. The van der Waals surface area contributed by atoms with E-state index in [4.69, 9.17) is 14.2 Å². The van der Waals surface area contributed by atoms with Crippen LogP contribution in [0.5, 0.6) is 0 Å². The van der Waals surface area contributed by atoms with Gasteiger partial charge in [-0.25, -0.2) is 0 Å². The van der Waals surface area contributed by atoms with Crippen molar-refractivity contribution in [1.82, 2.24) is 0 Å². The molecule has 0 heterocycles. The van der Waals surface area contributed by atoms with E-state index in [9.17, 15) is 14.4 Å². The lowest BCUT2D eigenvalue weighted by molar-refractivity contribution is -0.167. The van der Waals surface area contributed by atoms with Crippen molar-refractivity contribution in [2.24, 2.45) is 0 Å². The number of esters is 3. The fraction of sp³-hybridized carbons (Fsp3) is 0.833. The number of hydrogen-bond acceptors (Lipinski definition) is 6. The summed E-state index contributed by atoms with van der Waals surface area (Å²) < 4.78 is 16.7. The minimum absolute atomic E-state index is 0.0754. The van der Waals surface area contributed by atoms with Gasteiger partial charge < -0.3 is 14.2 Å². The quantitative estimate of drug-likeness (QED) is 0.0263. The molecular formula is C54H98O6. The fourth-order valence-electron chi connectivity index (χ4n) is 7.41. The Kier molecular flexibility index (Phi) is 47.3. The van der Waals surface area contributed by atoms with E-state index >= 15 is 0 Å². The van der Waals surface area contributed by atoms with Crippen molar-refractivity contribution in [2.45, 2.75) is 277 Å². The van der Waals surface area contributed by atoms with Crippen LogP contribution in [-0.2, 0) is 28.6 Å². The monoisotopic (exact) mass is 843 g/mol. The molecule has 0 aromatic carbocycles. The molecule has 0 aliphatic rings. The van der Waals surface area contributed by atoms with Crippen molar-refractivity contribution < 1.29 is 28.6 Å². The van der Waals surface area contributed by atoms with Gasteiger partial charge in [0.05, 0.1) is 0 Å². The van der Waals surface area contributed by atoms with Crippen LogP contribution in [0.25, 0.3) is 0 Å². The second-order valence-corrected chi connectivity index (χ2v) is 17.4. The zero-order chi connectivity index (χ0) is 43.7. The maximum absolute atomic E-state index is 12.8. The molecule has 0 aliphatic heterocycles. The molecule has 6 heteroatoms. The highest BCUT2D eigenvalue weighted by atomic mass is 16.6. The van der Waals surface area contributed by atoms with Crippen LogP contribution < -0.4 is 0 Å². The van der Waals surface area contributed by atoms with Gasteiger partial charge in [-0.05, 0) is 77.0 Å². The van der Waals surface area contributed by atoms with E-state index < -0.39 is 6.10 Å². The number of ether oxygens (including phenoxy) is 3. The maximum Gasteiger partial charge on any atom is 0.306 e. The molecule has 1 unspecified atom stereocenters. The van der Waals surface area contributed by atoms with E-state index in [0.717, 1.165) is 70.6 Å². The van der Waals surface area contributed by atoms with Crippen molar-refractivity contribution in [2.75, 3.05) is 13.2 Å². The average molecular weight is 843 g/mol. The molecule has 350 valence electrons. The highest BCUT2D eigenvalue weighted by Gasteiger charge is 2.19. The lowest BCUT2D eigenvalue weighted by Gasteiger charge is -2.18. The molecular weight excluding hydrogens is 745 g/mol. The standard InChI is InChI=1S/C54H98O6/c1-4-7-10-13-16-18-20-22-24-26-28-30-32-34-36-38-41-44-47-53(56)59-50-51(49-58-52(55)46-43-40-15-12-9-6-3)60-54(57)48-45-42-39-37-35-33-31-29-27-25-23-21-19-17-14-11-8-5-2/h18,20,24-27,51H,4-17,19,21-23,28-50H2,1-3H3/b20-18-,26-24-,27-25-. The van der Waals surface area contributed by atoms with Crippen LogP contribution in [0.1, 0.15) is 271 Å². The summed E-state index contributed by atoms with van der Waals surface area (Å²) in [5, 5.41) is 0. The second-order valence-electron chi connectivity index (χ2n) is 17.4. The molecule has 0 radical (unpaired) electrons. The Hall–Kier alpha value is -2.37. The Labute approximate surface area is 372 Å². The number of unbranched alkanes of at least 4 members (excludes halogenated alkanes) is 30. The van der Waals surface area contributed by atoms with Gasteiger partial charge in [0.15, 0.2) is 6.10 Å². The molecule has 0 rings (SSSR count). The molecule has 6 nitrogen and oxygen atoms in total. The molecule has 0 aromatic heterocycles. The first-order chi connectivity index (χ1) is 29.5. The van der Waals surface area contributed by atoms with Gasteiger partial charge in [-0.2, -0.15) is 0 Å². The molecule has 0 aliphatic carbocycles. The van der Waals surface area contributed by atoms with Gasteiger partial charge in [0, 0.05) is 19.3 Å². The zero-order valence-electron chi connectivity index (χ0n) is 40.0. The van der Waals surface area contributed by atoms with E-state index in [1.54, 1.807) is 0 Å². The Balaban J connectivity index is 4.21. The smallest absolute Gasteiger partial charge is 0.306 e. The molecule has 0 aromatic rings. The van der Waals surface area contributed by atoms with E-state index in [-0.39, 0.29) is 31.1 Å². The number of hydrogen-bond donors (Lipinski definition) is 0. The van der Waals surface area contributed by atoms with Crippen LogP contribution in [0, 0.1) is 0 Å². The molecule has 0 amide bonds. The Morgan fingerprint density at radius 3 is 0.950 bits per heavy atom. The van der Waals surface area contributed by atoms with Crippen LogP contribution in [0.15, 0.2) is 36.5 Å². The largest absolute Gasteiger partial charge is 0.462 e. The summed E-state index contributed by atoms with van der Waals surface area (Å²) in [6.07, 6.45) is 57.2. The molecule has 60 heavy (non-hydrogen) atoms. The minimum atomic E-state index is -0.772. The molecule has 0 saturated carbocycles. The van der Waals surface area contributed by atoms with Crippen molar-refractivity contribution >= 4 is 17.9 Å². The van der Waals surface area contributed by atoms with Crippen LogP contribution >= 0.6 is 0 Å².